The standard InChI is InChI=1S/C25H30N4O5S2/c1-15-22(35-14-26-15)16-6-8-17(9-7-16)25(2)12-19(27-24(25)32)21-11-18(30)13-28(21)23(31)20-5-4-10-29(20)36(3,33)34/h6-9,14,18,20-21,30H,4-5,10-13H2,1-3H3/t18-,20+,21+,25+/m1/s1. The maximum Gasteiger partial charge on any atom is 0.256 e. The topological polar surface area (TPSA) is 120 Å². The summed E-state index contributed by atoms with van der Waals surface area (Å²) < 4.78 is 25.7. The molecule has 3 aliphatic rings. The van der Waals surface area contributed by atoms with E-state index in [1.54, 1.807) is 11.3 Å². The van der Waals surface area contributed by atoms with E-state index >= 15 is 0 Å². The van der Waals surface area contributed by atoms with E-state index in [1.807, 2.05) is 43.6 Å². The van der Waals surface area contributed by atoms with E-state index in [2.05, 4.69) is 9.98 Å². The van der Waals surface area contributed by atoms with Crippen molar-refractivity contribution in [2.45, 2.75) is 63.1 Å². The van der Waals surface area contributed by atoms with Crippen LogP contribution in [0.3, 0.4) is 0 Å². The molecule has 4 atom stereocenters. The minimum absolute atomic E-state index is 0.102. The lowest BCUT2D eigenvalue weighted by molar-refractivity contribution is -0.134. The molecule has 2 aromatic rings. The van der Waals surface area contributed by atoms with Gasteiger partial charge >= 0.3 is 0 Å². The summed E-state index contributed by atoms with van der Waals surface area (Å²) in [7, 11) is -3.53. The van der Waals surface area contributed by atoms with Gasteiger partial charge in [-0.15, -0.1) is 11.3 Å². The number of sulfonamides is 1. The summed E-state index contributed by atoms with van der Waals surface area (Å²) in [6, 6.07) is 6.56. The van der Waals surface area contributed by atoms with E-state index in [1.165, 1.54) is 9.21 Å². The third-order valence-corrected chi connectivity index (χ3v) is 9.91. The molecule has 0 spiro atoms. The van der Waals surface area contributed by atoms with E-state index in [-0.39, 0.29) is 24.8 Å². The number of aryl methyl sites for hydroxylation is 1. The number of aliphatic hydroxyl groups is 1. The van der Waals surface area contributed by atoms with Crippen molar-refractivity contribution in [2.24, 2.45) is 4.99 Å². The number of β-amino-alcohol motifs (C(OH)–C–C–N with tert-alkyl or cyclic N) is 1. The van der Waals surface area contributed by atoms with Crippen LogP contribution in [0.5, 0.6) is 0 Å². The highest BCUT2D eigenvalue weighted by atomic mass is 32.2. The maximum atomic E-state index is 13.5. The number of likely N-dealkylation sites (tertiary alicyclic amines) is 1. The van der Waals surface area contributed by atoms with Gasteiger partial charge in [-0.25, -0.2) is 18.4 Å². The summed E-state index contributed by atoms with van der Waals surface area (Å²) in [5.41, 5.74) is 4.35. The molecule has 2 saturated heterocycles. The molecule has 2 amide bonds. The Morgan fingerprint density at radius 2 is 1.97 bits per heavy atom. The quantitative estimate of drug-likeness (QED) is 0.632. The molecule has 11 heteroatoms. The smallest absolute Gasteiger partial charge is 0.256 e. The van der Waals surface area contributed by atoms with Crippen LogP contribution in [0.15, 0.2) is 34.8 Å². The fourth-order valence-electron chi connectivity index (χ4n) is 5.67. The SMILES string of the molecule is Cc1ncsc1-c1ccc([C@]2(C)CC([C@@H]3C[C@@H](O)CN3C(=O)[C@@H]3CCCN3S(C)(=O)=O)=NC2=O)cc1. The van der Waals surface area contributed by atoms with E-state index < -0.39 is 33.6 Å². The number of aliphatic hydroxyl groups excluding tert-OH is 1. The first-order chi connectivity index (χ1) is 17.0. The Morgan fingerprint density at radius 1 is 1.25 bits per heavy atom. The first kappa shape index (κ1) is 25.2. The number of benzene rings is 1. The molecule has 0 unspecified atom stereocenters. The summed E-state index contributed by atoms with van der Waals surface area (Å²) in [5.74, 6) is -0.598. The number of rotatable bonds is 5. The second-order valence-electron chi connectivity index (χ2n) is 10.2. The number of amides is 2. The predicted molar refractivity (Wildman–Crippen MR) is 137 cm³/mol. The zero-order chi connectivity index (χ0) is 25.8. The van der Waals surface area contributed by atoms with Gasteiger partial charge in [0, 0.05) is 31.6 Å². The van der Waals surface area contributed by atoms with Gasteiger partial charge in [0.15, 0.2) is 0 Å². The van der Waals surface area contributed by atoms with Crippen molar-refractivity contribution in [3.63, 3.8) is 0 Å². The average molecular weight is 531 g/mol. The lowest BCUT2D eigenvalue weighted by atomic mass is 9.78. The van der Waals surface area contributed by atoms with Crippen molar-refractivity contribution in [3.8, 4) is 10.4 Å². The molecule has 4 heterocycles. The molecular formula is C25H30N4O5S2. The number of hydrogen-bond donors (Lipinski definition) is 1. The summed E-state index contributed by atoms with van der Waals surface area (Å²) >= 11 is 1.57. The molecular weight excluding hydrogens is 500 g/mol. The van der Waals surface area contributed by atoms with Crippen LogP contribution in [0.25, 0.3) is 10.4 Å². The summed E-state index contributed by atoms with van der Waals surface area (Å²) in [5, 5.41) is 10.4. The Kier molecular flexibility index (Phi) is 6.39. The Bertz CT molecular complexity index is 1340. The van der Waals surface area contributed by atoms with Gasteiger partial charge in [0.25, 0.3) is 5.91 Å². The molecule has 2 fully saturated rings. The van der Waals surface area contributed by atoms with Gasteiger partial charge in [0.1, 0.15) is 6.04 Å². The highest BCUT2D eigenvalue weighted by Gasteiger charge is 2.49. The van der Waals surface area contributed by atoms with E-state index in [0.29, 0.717) is 31.5 Å². The molecule has 0 saturated carbocycles. The van der Waals surface area contributed by atoms with Gasteiger partial charge in [-0.3, -0.25) is 9.59 Å². The molecule has 1 aromatic carbocycles. The lowest BCUT2D eigenvalue weighted by Gasteiger charge is -2.31. The fourth-order valence-corrected chi connectivity index (χ4v) is 7.60. The number of nitrogens with zero attached hydrogens (tertiary/aromatic N) is 4. The van der Waals surface area contributed by atoms with Crippen LogP contribution >= 0.6 is 11.3 Å². The number of carbonyl (C=O) groups is 2. The molecule has 36 heavy (non-hydrogen) atoms. The fraction of sp³-hybridized carbons (Fsp3) is 0.520. The largest absolute Gasteiger partial charge is 0.391 e. The zero-order valence-electron chi connectivity index (χ0n) is 20.5. The van der Waals surface area contributed by atoms with Gasteiger partial charge in [0.05, 0.1) is 39.9 Å². The Balaban J connectivity index is 1.37. The van der Waals surface area contributed by atoms with Crippen LogP contribution in [0.2, 0.25) is 0 Å². The first-order valence-corrected chi connectivity index (χ1v) is 14.8. The van der Waals surface area contributed by atoms with Crippen LogP contribution < -0.4 is 0 Å². The third-order valence-electron chi connectivity index (χ3n) is 7.64. The molecule has 0 aliphatic carbocycles. The van der Waals surface area contributed by atoms with Gasteiger partial charge in [0.2, 0.25) is 15.9 Å². The molecule has 5 rings (SSSR count). The van der Waals surface area contributed by atoms with Crippen LogP contribution in [-0.2, 0) is 25.0 Å². The number of aromatic nitrogens is 1. The minimum atomic E-state index is -3.53. The molecule has 9 nitrogen and oxygen atoms in total. The highest BCUT2D eigenvalue weighted by Crippen LogP contribution is 2.39. The van der Waals surface area contributed by atoms with Gasteiger partial charge < -0.3 is 10.0 Å². The zero-order valence-corrected chi connectivity index (χ0v) is 22.2. The summed E-state index contributed by atoms with van der Waals surface area (Å²) in [4.78, 5) is 38.0. The van der Waals surface area contributed by atoms with E-state index in [4.69, 9.17) is 0 Å². The molecule has 0 bridgehead atoms. The molecule has 192 valence electrons. The first-order valence-electron chi connectivity index (χ1n) is 12.1. The van der Waals surface area contributed by atoms with Crippen molar-refractivity contribution < 1.29 is 23.1 Å². The Labute approximate surface area is 214 Å². The Morgan fingerprint density at radius 3 is 2.61 bits per heavy atom. The van der Waals surface area contributed by atoms with Gasteiger partial charge in [-0.05, 0) is 37.8 Å². The van der Waals surface area contributed by atoms with E-state index in [9.17, 15) is 23.1 Å². The lowest BCUT2D eigenvalue weighted by Crippen LogP contribution is -2.51. The maximum absolute atomic E-state index is 13.5. The highest BCUT2D eigenvalue weighted by molar-refractivity contribution is 7.88. The number of aliphatic imine (C=N–C) groups is 1. The Hall–Kier alpha value is -2.47. The van der Waals surface area contributed by atoms with Crippen molar-refractivity contribution in [3.05, 3.63) is 41.0 Å². The van der Waals surface area contributed by atoms with Crippen LogP contribution in [0, 0.1) is 6.92 Å². The van der Waals surface area contributed by atoms with Crippen molar-refractivity contribution in [2.75, 3.05) is 19.3 Å². The summed E-state index contributed by atoms with van der Waals surface area (Å²) in [6.07, 6.45) is 2.04. The van der Waals surface area contributed by atoms with Gasteiger partial charge in [-0.1, -0.05) is 24.3 Å². The molecule has 3 aliphatic heterocycles. The van der Waals surface area contributed by atoms with Crippen LogP contribution in [0.1, 0.15) is 43.9 Å². The average Bonchev–Trinajstić information content (AvgIpc) is 3.60. The predicted octanol–water partition coefficient (Wildman–Crippen LogP) is 2.13. The monoisotopic (exact) mass is 530 g/mol. The molecule has 1 N–H and O–H groups in total. The van der Waals surface area contributed by atoms with Crippen molar-refractivity contribution in [1.82, 2.24) is 14.2 Å². The second kappa shape index (κ2) is 9.13. The number of hydrogen-bond acceptors (Lipinski definition) is 7. The van der Waals surface area contributed by atoms with Crippen molar-refractivity contribution in [1.29, 1.82) is 0 Å². The minimum Gasteiger partial charge on any atom is -0.391 e. The summed E-state index contributed by atoms with van der Waals surface area (Å²) in [6.45, 7) is 4.24. The van der Waals surface area contributed by atoms with Crippen LogP contribution in [-0.4, -0.2) is 82.8 Å². The molecule has 0 radical (unpaired) electrons. The van der Waals surface area contributed by atoms with Gasteiger partial charge in [-0.2, -0.15) is 4.31 Å². The third kappa shape index (κ3) is 4.31. The second-order valence-corrected chi connectivity index (χ2v) is 13.0. The molecule has 1 aromatic heterocycles. The van der Waals surface area contributed by atoms with Crippen molar-refractivity contribution >= 4 is 38.9 Å². The number of thiazole rings is 1. The normalized spacial score (nSPS) is 29.2. The van der Waals surface area contributed by atoms with Crippen LogP contribution in [0.4, 0.5) is 0 Å². The number of carbonyl (C=O) groups excluding carboxylic acids is 2. The van der Waals surface area contributed by atoms with E-state index in [0.717, 1.165) is 28.0 Å².